The first kappa shape index (κ1) is 17.4. The summed E-state index contributed by atoms with van der Waals surface area (Å²) in [6, 6.07) is 16.1. The zero-order chi connectivity index (χ0) is 16.7. The Morgan fingerprint density at radius 1 is 1.04 bits per heavy atom. The number of aryl methyl sites for hydroxylation is 1. The fraction of sp³-hybridized carbons (Fsp3) is 0.278. The maximum atomic E-state index is 12.1. The molecule has 0 heterocycles. The van der Waals surface area contributed by atoms with E-state index >= 15 is 0 Å². The fourth-order valence-electron chi connectivity index (χ4n) is 2.34. The molecular formula is C18H20O4S. The van der Waals surface area contributed by atoms with Gasteiger partial charge in [-0.1, -0.05) is 48.0 Å². The van der Waals surface area contributed by atoms with Crippen LogP contribution in [0.4, 0.5) is 0 Å². The van der Waals surface area contributed by atoms with Gasteiger partial charge in [0.15, 0.2) is 0 Å². The number of hydrogen-bond acceptors (Lipinski definition) is 4. The summed E-state index contributed by atoms with van der Waals surface area (Å²) in [6.45, 7) is 1.94. The highest BCUT2D eigenvalue weighted by Gasteiger charge is 2.17. The molecule has 2 rings (SSSR count). The zero-order valence-electron chi connectivity index (χ0n) is 13.0. The highest BCUT2D eigenvalue weighted by atomic mass is 32.2. The van der Waals surface area contributed by atoms with Crippen molar-refractivity contribution in [3.8, 4) is 0 Å². The molecule has 0 N–H and O–H groups in total. The van der Waals surface area contributed by atoms with Crippen LogP contribution < -0.4 is 0 Å². The van der Waals surface area contributed by atoms with Gasteiger partial charge in [-0.15, -0.1) is 0 Å². The molecule has 0 aliphatic carbocycles. The van der Waals surface area contributed by atoms with Crippen molar-refractivity contribution in [2.45, 2.75) is 30.6 Å². The molecule has 0 aliphatic heterocycles. The Labute approximate surface area is 137 Å². The molecule has 1 unspecified atom stereocenters. The molecule has 0 spiro atoms. The number of benzene rings is 2. The van der Waals surface area contributed by atoms with Crippen LogP contribution in [0.1, 0.15) is 29.9 Å². The lowest BCUT2D eigenvalue weighted by Crippen LogP contribution is -2.11. The fourth-order valence-corrected chi connectivity index (χ4v) is 3.26. The summed E-state index contributed by atoms with van der Waals surface area (Å²) in [7, 11) is -3.76. The van der Waals surface area contributed by atoms with Crippen molar-refractivity contribution in [3.05, 3.63) is 65.7 Å². The van der Waals surface area contributed by atoms with Gasteiger partial charge in [0.1, 0.15) is 6.29 Å². The molecule has 0 bridgehead atoms. The third kappa shape index (κ3) is 5.01. The van der Waals surface area contributed by atoms with Crippen LogP contribution in [0.3, 0.4) is 0 Å². The van der Waals surface area contributed by atoms with Gasteiger partial charge in [-0.25, -0.2) is 0 Å². The van der Waals surface area contributed by atoms with Gasteiger partial charge in [0.05, 0.1) is 11.5 Å². The molecule has 2 aromatic rings. The Balaban J connectivity index is 1.99. The SMILES string of the molecule is Cc1ccc(S(=O)(=O)OCCC(CC=O)c2ccccc2)cc1. The summed E-state index contributed by atoms with van der Waals surface area (Å²) in [5.74, 6) is -0.0399. The number of rotatable bonds is 8. The first-order valence-corrected chi connectivity index (χ1v) is 8.88. The number of hydrogen-bond donors (Lipinski definition) is 0. The number of carbonyl (C=O) groups is 1. The first-order chi connectivity index (χ1) is 11.0. The lowest BCUT2D eigenvalue weighted by Gasteiger charge is -2.14. The Morgan fingerprint density at radius 2 is 1.70 bits per heavy atom. The van der Waals surface area contributed by atoms with Gasteiger partial charge in [-0.2, -0.15) is 8.42 Å². The van der Waals surface area contributed by atoms with Gasteiger partial charge in [-0.05, 0) is 37.0 Å². The van der Waals surface area contributed by atoms with Crippen molar-refractivity contribution in [3.63, 3.8) is 0 Å². The van der Waals surface area contributed by atoms with E-state index < -0.39 is 10.1 Å². The monoisotopic (exact) mass is 332 g/mol. The summed E-state index contributed by atoms with van der Waals surface area (Å²) in [4.78, 5) is 11.0. The standard InChI is InChI=1S/C18H20O4S/c1-15-7-9-18(10-8-15)23(20,21)22-14-12-17(11-13-19)16-5-3-2-4-6-16/h2-10,13,17H,11-12,14H2,1H3. The van der Waals surface area contributed by atoms with Crippen molar-refractivity contribution < 1.29 is 17.4 Å². The van der Waals surface area contributed by atoms with Gasteiger partial charge < -0.3 is 4.79 Å². The van der Waals surface area contributed by atoms with Crippen LogP contribution in [-0.4, -0.2) is 21.3 Å². The van der Waals surface area contributed by atoms with E-state index in [1.54, 1.807) is 12.1 Å². The van der Waals surface area contributed by atoms with Gasteiger partial charge in [0, 0.05) is 6.42 Å². The highest BCUT2D eigenvalue weighted by molar-refractivity contribution is 7.86. The largest absolute Gasteiger partial charge is 0.303 e. The Hall–Kier alpha value is -1.98. The summed E-state index contributed by atoms with van der Waals surface area (Å²) in [5, 5.41) is 0. The average molecular weight is 332 g/mol. The van der Waals surface area contributed by atoms with E-state index in [1.165, 1.54) is 12.1 Å². The predicted molar refractivity (Wildman–Crippen MR) is 88.8 cm³/mol. The third-order valence-electron chi connectivity index (χ3n) is 3.67. The van der Waals surface area contributed by atoms with E-state index in [4.69, 9.17) is 4.18 Å². The third-order valence-corrected chi connectivity index (χ3v) is 4.99. The summed E-state index contributed by atoms with van der Waals surface area (Å²) in [5.41, 5.74) is 2.00. The maximum absolute atomic E-state index is 12.1. The molecule has 122 valence electrons. The second-order valence-corrected chi connectivity index (χ2v) is 7.00. The van der Waals surface area contributed by atoms with E-state index in [0.29, 0.717) is 12.8 Å². The molecule has 0 radical (unpaired) electrons. The minimum Gasteiger partial charge on any atom is -0.303 e. The van der Waals surface area contributed by atoms with Gasteiger partial charge in [0.2, 0.25) is 0 Å². The van der Waals surface area contributed by atoms with E-state index in [0.717, 1.165) is 17.4 Å². The summed E-state index contributed by atoms with van der Waals surface area (Å²) in [6.07, 6.45) is 1.66. The lowest BCUT2D eigenvalue weighted by molar-refractivity contribution is -0.108. The lowest BCUT2D eigenvalue weighted by atomic mass is 9.93. The topological polar surface area (TPSA) is 60.4 Å². The van der Waals surface area contributed by atoms with Crippen molar-refractivity contribution >= 4 is 16.4 Å². The normalized spacial score (nSPS) is 12.7. The van der Waals surface area contributed by atoms with E-state index in [2.05, 4.69) is 0 Å². The van der Waals surface area contributed by atoms with Gasteiger partial charge >= 0.3 is 0 Å². The Morgan fingerprint density at radius 3 is 2.30 bits per heavy atom. The number of aldehydes is 1. The molecule has 0 aliphatic rings. The van der Waals surface area contributed by atoms with Crippen molar-refractivity contribution in [1.82, 2.24) is 0 Å². The van der Waals surface area contributed by atoms with Crippen LogP contribution >= 0.6 is 0 Å². The minimum absolute atomic E-state index is 0.0399. The molecule has 0 amide bonds. The van der Waals surface area contributed by atoms with Gasteiger partial charge in [0.25, 0.3) is 10.1 Å². The van der Waals surface area contributed by atoms with Crippen molar-refractivity contribution in [1.29, 1.82) is 0 Å². The first-order valence-electron chi connectivity index (χ1n) is 7.47. The molecular weight excluding hydrogens is 312 g/mol. The summed E-state index contributed by atoms with van der Waals surface area (Å²) >= 11 is 0. The van der Waals surface area contributed by atoms with Crippen LogP contribution in [0.25, 0.3) is 0 Å². The average Bonchev–Trinajstić information content (AvgIpc) is 2.55. The van der Waals surface area contributed by atoms with E-state index in [-0.39, 0.29) is 17.4 Å². The molecule has 23 heavy (non-hydrogen) atoms. The summed E-state index contributed by atoms with van der Waals surface area (Å²) < 4.78 is 29.4. The minimum atomic E-state index is -3.76. The zero-order valence-corrected chi connectivity index (χ0v) is 13.8. The molecule has 4 nitrogen and oxygen atoms in total. The number of carbonyl (C=O) groups excluding carboxylic acids is 1. The predicted octanol–water partition coefficient (Wildman–Crippen LogP) is 3.46. The van der Waals surface area contributed by atoms with Crippen LogP contribution in [0, 0.1) is 6.92 Å². The molecule has 2 aromatic carbocycles. The van der Waals surface area contributed by atoms with Gasteiger partial charge in [-0.3, -0.25) is 4.18 Å². The molecule has 1 atom stereocenters. The van der Waals surface area contributed by atoms with E-state index in [9.17, 15) is 13.2 Å². The van der Waals surface area contributed by atoms with Crippen LogP contribution in [-0.2, 0) is 19.1 Å². The smallest absolute Gasteiger partial charge is 0.296 e. The van der Waals surface area contributed by atoms with Crippen molar-refractivity contribution in [2.75, 3.05) is 6.61 Å². The van der Waals surface area contributed by atoms with Crippen LogP contribution in [0.15, 0.2) is 59.5 Å². The molecule has 0 saturated carbocycles. The molecule has 0 aromatic heterocycles. The highest BCUT2D eigenvalue weighted by Crippen LogP contribution is 2.23. The second-order valence-electron chi connectivity index (χ2n) is 5.39. The Kier molecular flexibility index (Phi) is 6.07. The van der Waals surface area contributed by atoms with E-state index in [1.807, 2.05) is 37.3 Å². The molecule has 5 heteroatoms. The quantitative estimate of drug-likeness (QED) is 0.548. The van der Waals surface area contributed by atoms with Crippen LogP contribution in [0.2, 0.25) is 0 Å². The van der Waals surface area contributed by atoms with Crippen molar-refractivity contribution in [2.24, 2.45) is 0 Å². The maximum Gasteiger partial charge on any atom is 0.296 e. The molecule has 0 saturated heterocycles. The Bertz CT molecular complexity index is 721. The van der Waals surface area contributed by atoms with Crippen LogP contribution in [0.5, 0.6) is 0 Å². The molecule has 0 fully saturated rings. The second kappa shape index (κ2) is 8.04.